The van der Waals surface area contributed by atoms with Crippen LogP contribution in [0.25, 0.3) is 60.9 Å². The molecule has 1 heteroatoms. The van der Waals surface area contributed by atoms with Crippen LogP contribution in [0.4, 0.5) is 0 Å². The second-order valence-corrected chi connectivity index (χ2v) is 17.0. The van der Waals surface area contributed by atoms with E-state index < -0.39 is 0 Å². The quantitative estimate of drug-likeness (QED) is 0.137. The molecule has 0 spiro atoms. The highest BCUT2D eigenvalue weighted by Crippen LogP contribution is 2.44. The molecule has 0 atom stereocenters. The van der Waals surface area contributed by atoms with Crippen molar-refractivity contribution in [3.8, 4) is 27.9 Å². The summed E-state index contributed by atoms with van der Waals surface area (Å²) >= 11 is 0. The minimum atomic E-state index is 0.838. The van der Waals surface area contributed by atoms with Gasteiger partial charge in [-0.25, -0.2) is 0 Å². The Kier molecular flexibility index (Phi) is 10.2. The Morgan fingerprint density at radius 3 is 1.62 bits per heavy atom. The van der Waals surface area contributed by atoms with Gasteiger partial charge in [0.25, 0.3) is 0 Å². The summed E-state index contributed by atoms with van der Waals surface area (Å²) in [5, 5.41) is 2.58. The number of para-hydroxylation sites is 1. The molecule has 8 aromatic carbocycles. The highest BCUT2D eigenvalue weighted by Gasteiger charge is 2.23. The lowest BCUT2D eigenvalue weighted by Crippen LogP contribution is -2.04. The van der Waals surface area contributed by atoms with E-state index >= 15 is 0 Å². The van der Waals surface area contributed by atoms with Crippen LogP contribution in [0, 0.1) is 20.8 Å². The Morgan fingerprint density at radius 2 is 0.984 bits per heavy atom. The normalized spacial score (nSPS) is 13.0. The molecule has 0 amide bonds. The summed E-state index contributed by atoms with van der Waals surface area (Å²) in [5.41, 5.74) is 25.2. The van der Waals surface area contributed by atoms with Gasteiger partial charge in [-0.15, -0.1) is 0 Å². The van der Waals surface area contributed by atoms with Gasteiger partial charge in [-0.1, -0.05) is 169 Å². The maximum Gasteiger partial charge on any atom is 0.0582 e. The fraction of sp³-hybridized carbons (Fsp3) is 0.133. The van der Waals surface area contributed by atoms with Gasteiger partial charge in [-0.2, -0.15) is 0 Å². The van der Waals surface area contributed by atoms with Crippen molar-refractivity contribution in [1.82, 2.24) is 4.57 Å². The standard InChI is InChI=1S/C60H51N/c1-40-18-14-16-26-49(40)52-32-31-51(43(4)56(52)36-44-20-8-5-9-21-44)55-38-46(29-28-42(55)3)47-30-35-59-57(39-47)54-34-33-53(50-27-17-15-19-41(50)2)58(37-45-22-10-6-11-23-45)60(54)61(59)48-24-12-7-13-25-48/h5-27,30-35,38-39H,28-29,36-37H2,1-4H3. The number of allylic oxidation sites excluding steroid dienone is 4. The van der Waals surface area contributed by atoms with Crippen molar-refractivity contribution in [3.05, 3.63) is 244 Å². The molecule has 0 fully saturated rings. The first-order valence-electron chi connectivity index (χ1n) is 21.8. The molecule has 1 aliphatic rings. The van der Waals surface area contributed by atoms with Gasteiger partial charge in [-0.05, 0) is 155 Å². The summed E-state index contributed by atoms with van der Waals surface area (Å²) in [6.45, 7) is 9.15. The van der Waals surface area contributed by atoms with Gasteiger partial charge < -0.3 is 4.57 Å². The molecule has 0 aliphatic heterocycles. The monoisotopic (exact) mass is 785 g/mol. The van der Waals surface area contributed by atoms with Crippen molar-refractivity contribution in [2.24, 2.45) is 0 Å². The largest absolute Gasteiger partial charge is 0.309 e. The van der Waals surface area contributed by atoms with Crippen LogP contribution >= 0.6 is 0 Å². The topological polar surface area (TPSA) is 4.93 Å². The molecule has 296 valence electrons. The number of hydrogen-bond donors (Lipinski definition) is 0. The fourth-order valence-electron chi connectivity index (χ4n) is 9.89. The summed E-state index contributed by atoms with van der Waals surface area (Å²) in [5.74, 6) is 0. The molecule has 9 aromatic rings. The summed E-state index contributed by atoms with van der Waals surface area (Å²) in [6, 6.07) is 67.3. The van der Waals surface area contributed by atoms with E-state index in [2.05, 4.69) is 220 Å². The molecular weight excluding hydrogens is 735 g/mol. The van der Waals surface area contributed by atoms with Gasteiger partial charge in [0.15, 0.2) is 0 Å². The molecule has 1 nitrogen and oxygen atoms in total. The molecule has 0 bridgehead atoms. The summed E-state index contributed by atoms with van der Waals surface area (Å²) in [4.78, 5) is 0. The number of rotatable bonds is 9. The number of aryl methyl sites for hydroxylation is 2. The predicted molar refractivity (Wildman–Crippen MR) is 261 cm³/mol. The summed E-state index contributed by atoms with van der Waals surface area (Å²) in [6.07, 6.45) is 6.30. The zero-order valence-electron chi connectivity index (χ0n) is 35.7. The average molecular weight is 786 g/mol. The van der Waals surface area contributed by atoms with E-state index in [-0.39, 0.29) is 0 Å². The van der Waals surface area contributed by atoms with Crippen LogP contribution in [0.3, 0.4) is 0 Å². The lowest BCUT2D eigenvalue weighted by Gasteiger charge is -2.23. The van der Waals surface area contributed by atoms with Gasteiger partial charge in [0.1, 0.15) is 0 Å². The first kappa shape index (κ1) is 38.3. The molecule has 0 saturated heterocycles. The Morgan fingerprint density at radius 1 is 0.443 bits per heavy atom. The van der Waals surface area contributed by atoms with Crippen LogP contribution < -0.4 is 0 Å². The number of fused-ring (bicyclic) bond motifs is 3. The summed E-state index contributed by atoms with van der Waals surface area (Å²) < 4.78 is 2.52. The first-order chi connectivity index (χ1) is 29.9. The van der Waals surface area contributed by atoms with Crippen molar-refractivity contribution in [2.75, 3.05) is 0 Å². The lowest BCUT2D eigenvalue weighted by atomic mass is 9.81. The van der Waals surface area contributed by atoms with Crippen molar-refractivity contribution in [3.63, 3.8) is 0 Å². The molecule has 1 heterocycles. The van der Waals surface area contributed by atoms with E-state index in [0.29, 0.717) is 0 Å². The van der Waals surface area contributed by atoms with E-state index in [1.54, 1.807) is 0 Å². The van der Waals surface area contributed by atoms with Crippen molar-refractivity contribution >= 4 is 33.0 Å². The van der Waals surface area contributed by atoms with E-state index in [4.69, 9.17) is 0 Å². The maximum absolute atomic E-state index is 2.52. The SMILES string of the molecule is CC1=C(c2ccc(-c3ccccc3C)c(Cc3ccccc3)c2C)C=C(c2ccc3c(c2)c2ccc(-c4ccccc4C)c(Cc4ccccc4)c2n3-c2ccccc2)CC1. The third-order valence-corrected chi connectivity index (χ3v) is 13.2. The smallest absolute Gasteiger partial charge is 0.0582 e. The minimum absolute atomic E-state index is 0.838. The third kappa shape index (κ3) is 7.15. The molecule has 0 N–H and O–H groups in total. The Balaban J connectivity index is 1.14. The van der Waals surface area contributed by atoms with Crippen molar-refractivity contribution in [2.45, 2.75) is 53.4 Å². The van der Waals surface area contributed by atoms with E-state index in [9.17, 15) is 0 Å². The Labute approximate surface area is 361 Å². The zero-order chi connectivity index (χ0) is 41.5. The van der Waals surface area contributed by atoms with Crippen LogP contribution in [0.15, 0.2) is 194 Å². The Bertz CT molecular complexity index is 3140. The van der Waals surface area contributed by atoms with Crippen LogP contribution in [-0.4, -0.2) is 4.57 Å². The van der Waals surface area contributed by atoms with Crippen molar-refractivity contribution < 1.29 is 0 Å². The molecular formula is C60H51N. The summed E-state index contributed by atoms with van der Waals surface area (Å²) in [7, 11) is 0. The number of hydrogen-bond acceptors (Lipinski definition) is 0. The van der Waals surface area contributed by atoms with Crippen molar-refractivity contribution in [1.29, 1.82) is 0 Å². The molecule has 0 radical (unpaired) electrons. The number of nitrogens with zero attached hydrogens (tertiary/aromatic N) is 1. The predicted octanol–water partition coefficient (Wildman–Crippen LogP) is 15.9. The third-order valence-electron chi connectivity index (χ3n) is 13.2. The highest BCUT2D eigenvalue weighted by atomic mass is 15.0. The van der Waals surface area contributed by atoms with Crippen LogP contribution in [0.2, 0.25) is 0 Å². The molecule has 61 heavy (non-hydrogen) atoms. The zero-order valence-corrected chi connectivity index (χ0v) is 35.7. The maximum atomic E-state index is 2.52. The van der Waals surface area contributed by atoms with E-state index in [0.717, 1.165) is 25.7 Å². The average Bonchev–Trinajstić information content (AvgIpc) is 3.63. The fourth-order valence-corrected chi connectivity index (χ4v) is 9.89. The van der Waals surface area contributed by atoms with Gasteiger partial charge in [0.2, 0.25) is 0 Å². The molecule has 1 aromatic heterocycles. The second kappa shape index (κ2) is 16.2. The first-order valence-corrected chi connectivity index (χ1v) is 21.8. The minimum Gasteiger partial charge on any atom is -0.309 e. The number of benzene rings is 8. The van der Waals surface area contributed by atoms with Crippen LogP contribution in [0.1, 0.15) is 69.8 Å². The van der Waals surface area contributed by atoms with Gasteiger partial charge in [-0.3, -0.25) is 0 Å². The lowest BCUT2D eigenvalue weighted by molar-refractivity contribution is 0.981. The highest BCUT2D eigenvalue weighted by molar-refractivity contribution is 6.13. The molecule has 10 rings (SSSR count). The van der Waals surface area contributed by atoms with E-state index in [1.165, 1.54) is 117 Å². The molecule has 0 saturated carbocycles. The van der Waals surface area contributed by atoms with Gasteiger partial charge in [0.05, 0.1) is 11.0 Å². The Hall–Kier alpha value is -6.96. The molecule has 0 unspecified atom stereocenters. The van der Waals surface area contributed by atoms with E-state index in [1.807, 2.05) is 0 Å². The van der Waals surface area contributed by atoms with Gasteiger partial charge in [0, 0.05) is 22.9 Å². The molecule has 1 aliphatic carbocycles. The van der Waals surface area contributed by atoms with Crippen LogP contribution in [-0.2, 0) is 12.8 Å². The van der Waals surface area contributed by atoms with Crippen LogP contribution in [0.5, 0.6) is 0 Å². The number of aromatic nitrogens is 1. The second-order valence-electron chi connectivity index (χ2n) is 17.0. The van der Waals surface area contributed by atoms with Gasteiger partial charge >= 0.3 is 0 Å².